The summed E-state index contributed by atoms with van der Waals surface area (Å²) in [6.45, 7) is -0.862. The summed E-state index contributed by atoms with van der Waals surface area (Å²) < 4.78 is 7.97. The second-order valence-electron chi connectivity index (χ2n) is 4.38. The van der Waals surface area contributed by atoms with E-state index in [9.17, 15) is 19.2 Å². The molecule has 0 aliphatic heterocycles. The molecule has 2 rings (SSSR count). The van der Waals surface area contributed by atoms with Crippen LogP contribution in [0.4, 0.5) is 0 Å². The van der Waals surface area contributed by atoms with Crippen LogP contribution >= 0.6 is 0 Å². The van der Waals surface area contributed by atoms with Gasteiger partial charge in [-0.25, -0.2) is 9.78 Å². The number of hydrogen-bond donors (Lipinski definition) is 1. The van der Waals surface area contributed by atoms with E-state index in [-0.39, 0.29) is 17.7 Å². The number of esters is 1. The maximum absolute atomic E-state index is 12.1. The van der Waals surface area contributed by atoms with Crippen LogP contribution in [0.5, 0.6) is 0 Å². The Morgan fingerprint density at radius 2 is 1.95 bits per heavy atom. The van der Waals surface area contributed by atoms with Crippen LogP contribution < -0.4 is 17.0 Å². The molecule has 21 heavy (non-hydrogen) atoms. The van der Waals surface area contributed by atoms with E-state index in [4.69, 9.17) is 5.73 Å². The van der Waals surface area contributed by atoms with Crippen molar-refractivity contribution in [2.75, 3.05) is 6.61 Å². The van der Waals surface area contributed by atoms with E-state index in [0.717, 1.165) is 4.57 Å². The van der Waals surface area contributed by atoms with Crippen LogP contribution in [0.1, 0.15) is 0 Å². The Labute approximate surface area is 117 Å². The molecule has 2 aromatic heterocycles. The average molecular weight is 295 g/mol. The Morgan fingerprint density at radius 1 is 1.29 bits per heavy atom. The first-order chi connectivity index (χ1) is 9.82. The topological polar surface area (TPSA) is 131 Å². The van der Waals surface area contributed by atoms with Crippen molar-refractivity contribution < 1.29 is 14.3 Å². The van der Waals surface area contributed by atoms with Crippen molar-refractivity contribution in [1.29, 1.82) is 0 Å². The summed E-state index contributed by atoms with van der Waals surface area (Å²) in [6, 6.07) is 0. The zero-order valence-corrected chi connectivity index (χ0v) is 11.4. The fraction of sp³-hybridized carbons (Fsp3) is 0.364. The molecule has 0 unspecified atom stereocenters. The molecule has 10 heteroatoms. The second kappa shape index (κ2) is 5.23. The minimum atomic E-state index is -0.780. The molecule has 2 N–H and O–H groups in total. The molecule has 0 aliphatic carbocycles. The molecule has 0 bridgehead atoms. The largest absolute Gasteiger partial charge is 0.454 e. The van der Waals surface area contributed by atoms with Crippen molar-refractivity contribution >= 4 is 23.0 Å². The third kappa shape index (κ3) is 2.55. The lowest BCUT2D eigenvalue weighted by molar-refractivity contribution is -0.148. The van der Waals surface area contributed by atoms with Gasteiger partial charge in [-0.1, -0.05) is 0 Å². The summed E-state index contributed by atoms with van der Waals surface area (Å²) in [5, 5.41) is 0. The molecule has 0 radical (unpaired) electrons. The molecule has 0 saturated carbocycles. The van der Waals surface area contributed by atoms with Crippen LogP contribution in [0.2, 0.25) is 0 Å². The van der Waals surface area contributed by atoms with Crippen molar-refractivity contribution in [1.82, 2.24) is 18.7 Å². The smallest absolute Gasteiger partial charge is 0.332 e. The minimum absolute atomic E-state index is 0.0932. The van der Waals surface area contributed by atoms with Crippen LogP contribution in [-0.4, -0.2) is 37.2 Å². The Bertz CT molecular complexity index is 843. The summed E-state index contributed by atoms with van der Waals surface area (Å²) in [7, 11) is 2.79. The third-order valence-electron chi connectivity index (χ3n) is 2.89. The molecule has 2 aromatic rings. The number of hydrogen-bond acceptors (Lipinski definition) is 6. The van der Waals surface area contributed by atoms with Gasteiger partial charge < -0.3 is 15.0 Å². The number of rotatable bonds is 4. The number of aromatic nitrogens is 4. The third-order valence-corrected chi connectivity index (χ3v) is 2.89. The first kappa shape index (κ1) is 14.5. The predicted octanol–water partition coefficient (Wildman–Crippen LogP) is -2.54. The monoisotopic (exact) mass is 295 g/mol. The lowest BCUT2D eigenvalue weighted by Gasteiger charge is -2.06. The summed E-state index contributed by atoms with van der Waals surface area (Å²) in [4.78, 5) is 49.9. The van der Waals surface area contributed by atoms with Gasteiger partial charge >= 0.3 is 11.7 Å². The van der Waals surface area contributed by atoms with E-state index in [0.29, 0.717) is 0 Å². The minimum Gasteiger partial charge on any atom is -0.454 e. The molecule has 2 heterocycles. The number of ether oxygens (including phenoxy) is 1. The Hall–Kier alpha value is -2.91. The van der Waals surface area contributed by atoms with Gasteiger partial charge in [-0.2, -0.15) is 0 Å². The Balaban J connectivity index is 2.43. The van der Waals surface area contributed by atoms with Crippen molar-refractivity contribution in [3.05, 3.63) is 27.2 Å². The first-order valence-electron chi connectivity index (χ1n) is 5.87. The first-order valence-corrected chi connectivity index (χ1v) is 5.87. The van der Waals surface area contributed by atoms with E-state index in [2.05, 4.69) is 9.72 Å². The standard InChI is InChI=1S/C11H13N5O5/c1-14-9-8(10(19)15(2)11(14)20)16(5-13-9)3-7(18)21-4-6(12)17/h5H,3-4H2,1-2H3,(H2,12,17). The number of aryl methyl sites for hydroxylation is 1. The normalized spacial score (nSPS) is 10.8. The van der Waals surface area contributed by atoms with E-state index in [1.807, 2.05) is 0 Å². The lowest BCUT2D eigenvalue weighted by atomic mass is 10.5. The highest BCUT2D eigenvalue weighted by atomic mass is 16.5. The van der Waals surface area contributed by atoms with Crippen molar-refractivity contribution in [2.45, 2.75) is 6.54 Å². The van der Waals surface area contributed by atoms with E-state index < -0.39 is 29.7 Å². The van der Waals surface area contributed by atoms with Gasteiger partial charge in [0.15, 0.2) is 17.8 Å². The molecule has 0 spiro atoms. The quantitative estimate of drug-likeness (QED) is 0.618. The van der Waals surface area contributed by atoms with Crippen LogP contribution in [-0.2, 0) is 35.0 Å². The number of primary amides is 1. The van der Waals surface area contributed by atoms with Crippen LogP contribution in [0.25, 0.3) is 11.2 Å². The van der Waals surface area contributed by atoms with Gasteiger partial charge in [0.05, 0.1) is 6.33 Å². The molecule has 0 fully saturated rings. The molecule has 0 aliphatic rings. The van der Waals surface area contributed by atoms with Gasteiger partial charge in [0.2, 0.25) is 0 Å². The molecule has 112 valence electrons. The zero-order valence-electron chi connectivity index (χ0n) is 11.4. The number of fused-ring (bicyclic) bond motifs is 1. The summed E-state index contributed by atoms with van der Waals surface area (Å²) in [5.41, 5.74) is 4.01. The highest BCUT2D eigenvalue weighted by molar-refractivity contribution is 5.80. The van der Waals surface area contributed by atoms with Crippen LogP contribution in [0.3, 0.4) is 0 Å². The number of imidazole rings is 1. The average Bonchev–Trinajstić information content (AvgIpc) is 2.84. The summed E-state index contributed by atoms with van der Waals surface area (Å²) >= 11 is 0. The van der Waals surface area contributed by atoms with Gasteiger partial charge in [-0.15, -0.1) is 0 Å². The van der Waals surface area contributed by atoms with Gasteiger partial charge in [0.25, 0.3) is 11.5 Å². The highest BCUT2D eigenvalue weighted by Gasteiger charge is 2.16. The lowest BCUT2D eigenvalue weighted by Crippen LogP contribution is -2.37. The van der Waals surface area contributed by atoms with Gasteiger partial charge in [-0.05, 0) is 0 Å². The number of carbonyl (C=O) groups is 2. The molecule has 10 nitrogen and oxygen atoms in total. The molecule has 1 amide bonds. The van der Waals surface area contributed by atoms with E-state index >= 15 is 0 Å². The SMILES string of the molecule is Cn1c(=O)c2c(ncn2CC(=O)OCC(N)=O)n(C)c1=O. The number of amides is 1. The molecular formula is C11H13N5O5. The fourth-order valence-corrected chi connectivity index (χ4v) is 1.85. The summed E-state index contributed by atoms with van der Waals surface area (Å²) in [5.74, 6) is -1.53. The maximum atomic E-state index is 12.1. The molecule has 0 atom stereocenters. The van der Waals surface area contributed by atoms with Gasteiger partial charge in [0.1, 0.15) is 6.54 Å². The zero-order chi connectivity index (χ0) is 15.7. The number of nitrogens with zero attached hydrogens (tertiary/aromatic N) is 4. The van der Waals surface area contributed by atoms with E-state index in [1.54, 1.807) is 0 Å². The second-order valence-corrected chi connectivity index (χ2v) is 4.38. The van der Waals surface area contributed by atoms with Crippen LogP contribution in [0, 0.1) is 0 Å². The molecule has 0 aromatic carbocycles. The summed E-state index contributed by atoms with van der Waals surface area (Å²) in [6.07, 6.45) is 1.25. The molecular weight excluding hydrogens is 282 g/mol. The fourth-order valence-electron chi connectivity index (χ4n) is 1.85. The van der Waals surface area contributed by atoms with Crippen LogP contribution in [0.15, 0.2) is 15.9 Å². The highest BCUT2D eigenvalue weighted by Crippen LogP contribution is 2.05. The maximum Gasteiger partial charge on any atom is 0.332 e. The van der Waals surface area contributed by atoms with Crippen molar-refractivity contribution in [3.63, 3.8) is 0 Å². The van der Waals surface area contributed by atoms with Crippen molar-refractivity contribution in [2.24, 2.45) is 19.8 Å². The Kier molecular flexibility index (Phi) is 3.61. The van der Waals surface area contributed by atoms with Gasteiger partial charge in [-0.3, -0.25) is 23.5 Å². The molecule has 0 saturated heterocycles. The van der Waals surface area contributed by atoms with E-state index in [1.165, 1.54) is 29.6 Å². The number of carbonyl (C=O) groups excluding carboxylic acids is 2. The Morgan fingerprint density at radius 3 is 2.57 bits per heavy atom. The number of nitrogens with two attached hydrogens (primary N) is 1. The van der Waals surface area contributed by atoms with Crippen molar-refractivity contribution in [3.8, 4) is 0 Å². The van der Waals surface area contributed by atoms with Gasteiger partial charge in [0, 0.05) is 14.1 Å². The predicted molar refractivity (Wildman–Crippen MR) is 70.4 cm³/mol.